The Morgan fingerprint density at radius 2 is 2.25 bits per heavy atom. The number of nitrogens with zero attached hydrogens (tertiary/aromatic N) is 2. The second kappa shape index (κ2) is 3.53. The van der Waals surface area contributed by atoms with Crippen molar-refractivity contribution in [3.05, 3.63) is 10.7 Å². The summed E-state index contributed by atoms with van der Waals surface area (Å²) >= 11 is 3.09. The number of halogens is 1. The minimum Gasteiger partial charge on any atom is -0.412 e. The Bertz CT molecular complexity index is 258. The average molecular weight is 235 g/mol. The number of rotatable bonds is 3. The highest BCUT2D eigenvalue weighted by atomic mass is 79.9. The summed E-state index contributed by atoms with van der Waals surface area (Å²) in [5.41, 5.74) is -0.473. The van der Waals surface area contributed by atoms with Crippen LogP contribution in [0.25, 0.3) is 0 Å². The molecule has 12 heavy (non-hydrogen) atoms. The Balaban J connectivity index is 2.94. The molecular weight excluding hydrogens is 224 g/mol. The van der Waals surface area contributed by atoms with Crippen LogP contribution in [0.5, 0.6) is 0 Å². The van der Waals surface area contributed by atoms with Crippen molar-refractivity contribution in [3.8, 4) is 0 Å². The highest BCUT2D eigenvalue weighted by Crippen LogP contribution is 2.27. The number of hydrogen-bond donors (Lipinski definition) is 0. The van der Waals surface area contributed by atoms with Crippen LogP contribution in [0.4, 0.5) is 0 Å². The normalized spacial score (nSPS) is 16.0. The van der Waals surface area contributed by atoms with Crippen molar-refractivity contribution in [3.63, 3.8) is 0 Å². The first-order valence-electron chi connectivity index (χ1n) is 3.67. The minimum absolute atomic E-state index is 0.384. The maximum Gasteiger partial charge on any atom is 0.284 e. The monoisotopic (exact) mass is 234 g/mol. The van der Waals surface area contributed by atoms with Crippen molar-refractivity contribution < 1.29 is 9.15 Å². The Hall–Kier alpha value is -0.420. The van der Waals surface area contributed by atoms with Crippen molar-refractivity contribution in [1.29, 1.82) is 0 Å². The predicted octanol–water partition coefficient (Wildman–Crippen LogP) is 2.10. The molecule has 1 unspecified atom stereocenters. The van der Waals surface area contributed by atoms with E-state index in [-0.39, 0.29) is 0 Å². The molecule has 0 aliphatic rings. The van der Waals surface area contributed by atoms with Crippen molar-refractivity contribution in [1.82, 2.24) is 10.2 Å². The lowest BCUT2D eigenvalue weighted by atomic mass is 10.0. The van der Waals surface area contributed by atoms with Gasteiger partial charge in [-0.3, -0.25) is 0 Å². The summed E-state index contributed by atoms with van der Waals surface area (Å²) in [4.78, 5) is 0.384. The summed E-state index contributed by atoms with van der Waals surface area (Å²) in [7, 11) is 1.63. The first kappa shape index (κ1) is 9.67. The molecule has 4 nitrogen and oxygen atoms in total. The molecule has 0 aliphatic heterocycles. The Labute approximate surface area is 79.4 Å². The van der Waals surface area contributed by atoms with E-state index in [2.05, 4.69) is 26.1 Å². The Morgan fingerprint density at radius 3 is 2.58 bits per heavy atom. The van der Waals surface area contributed by atoms with Gasteiger partial charge >= 0.3 is 0 Å². The molecule has 0 aliphatic carbocycles. The molecule has 0 radical (unpaired) electrons. The van der Waals surface area contributed by atoms with E-state index in [0.717, 1.165) is 6.42 Å². The van der Waals surface area contributed by atoms with Gasteiger partial charge in [0.05, 0.1) is 0 Å². The van der Waals surface area contributed by atoms with E-state index in [4.69, 9.17) is 9.15 Å². The van der Waals surface area contributed by atoms with Crippen LogP contribution in [0.15, 0.2) is 9.22 Å². The first-order valence-corrected chi connectivity index (χ1v) is 4.46. The molecule has 1 aromatic heterocycles. The smallest absolute Gasteiger partial charge is 0.284 e. The zero-order valence-corrected chi connectivity index (χ0v) is 8.88. The molecule has 0 bridgehead atoms. The quantitative estimate of drug-likeness (QED) is 0.804. The largest absolute Gasteiger partial charge is 0.412 e. The highest BCUT2D eigenvalue weighted by Gasteiger charge is 2.30. The molecular formula is C7H11BrN2O2. The SMILES string of the molecule is CCC(C)(OC)c1nnc(Br)o1. The lowest BCUT2D eigenvalue weighted by Crippen LogP contribution is -2.23. The Morgan fingerprint density at radius 1 is 1.58 bits per heavy atom. The fourth-order valence-electron chi connectivity index (χ4n) is 0.802. The van der Waals surface area contributed by atoms with E-state index in [1.165, 1.54) is 0 Å². The molecule has 0 saturated heterocycles. The van der Waals surface area contributed by atoms with Crippen LogP contribution < -0.4 is 0 Å². The number of hydrogen-bond acceptors (Lipinski definition) is 4. The molecule has 68 valence electrons. The Kier molecular flexibility index (Phi) is 2.85. The van der Waals surface area contributed by atoms with Crippen molar-refractivity contribution in [2.24, 2.45) is 0 Å². The fourth-order valence-corrected chi connectivity index (χ4v) is 1.03. The van der Waals surface area contributed by atoms with Crippen molar-refractivity contribution >= 4 is 15.9 Å². The summed E-state index contributed by atoms with van der Waals surface area (Å²) in [6.45, 7) is 3.91. The summed E-state index contributed by atoms with van der Waals surface area (Å²) in [5, 5.41) is 7.54. The van der Waals surface area contributed by atoms with Crippen LogP contribution in [-0.4, -0.2) is 17.3 Å². The van der Waals surface area contributed by atoms with Gasteiger partial charge in [0.2, 0.25) is 5.89 Å². The number of aromatic nitrogens is 2. The van der Waals surface area contributed by atoms with Gasteiger partial charge in [-0.25, -0.2) is 0 Å². The molecule has 5 heteroatoms. The van der Waals surface area contributed by atoms with Gasteiger partial charge in [0.25, 0.3) is 4.80 Å². The molecule has 1 atom stereocenters. The van der Waals surface area contributed by atoms with Crippen LogP contribution in [0, 0.1) is 0 Å². The van der Waals surface area contributed by atoms with Crippen LogP contribution in [0.1, 0.15) is 26.2 Å². The minimum atomic E-state index is -0.473. The lowest BCUT2D eigenvalue weighted by molar-refractivity contribution is -0.0241. The predicted molar refractivity (Wildman–Crippen MR) is 46.7 cm³/mol. The van der Waals surface area contributed by atoms with Gasteiger partial charge in [-0.15, -0.1) is 10.2 Å². The third-order valence-corrected chi connectivity index (χ3v) is 2.30. The topological polar surface area (TPSA) is 48.2 Å². The lowest BCUT2D eigenvalue weighted by Gasteiger charge is -2.21. The molecule has 0 spiro atoms. The van der Waals surface area contributed by atoms with Gasteiger partial charge in [-0.1, -0.05) is 6.92 Å². The summed E-state index contributed by atoms with van der Waals surface area (Å²) < 4.78 is 10.5. The van der Waals surface area contributed by atoms with Crippen LogP contribution in [-0.2, 0) is 10.3 Å². The third kappa shape index (κ3) is 1.67. The standard InChI is InChI=1S/C7H11BrN2O2/c1-4-7(2,11-3)5-9-10-6(8)12-5/h4H2,1-3H3. The van der Waals surface area contributed by atoms with Crippen LogP contribution in [0.2, 0.25) is 0 Å². The zero-order valence-electron chi connectivity index (χ0n) is 7.30. The van der Waals surface area contributed by atoms with Gasteiger partial charge in [-0.05, 0) is 13.3 Å². The number of methoxy groups -OCH3 is 1. The van der Waals surface area contributed by atoms with Crippen LogP contribution >= 0.6 is 15.9 Å². The first-order chi connectivity index (χ1) is 5.62. The molecule has 0 amide bonds. The van der Waals surface area contributed by atoms with E-state index in [1.54, 1.807) is 7.11 Å². The molecule has 0 fully saturated rings. The zero-order chi connectivity index (χ0) is 9.19. The summed E-state index contributed by atoms with van der Waals surface area (Å²) in [6.07, 6.45) is 0.790. The second-order valence-corrected chi connectivity index (χ2v) is 3.33. The maximum atomic E-state index is 5.27. The maximum absolute atomic E-state index is 5.27. The van der Waals surface area contributed by atoms with E-state index in [0.29, 0.717) is 10.7 Å². The molecule has 0 aromatic carbocycles. The summed E-state index contributed by atoms with van der Waals surface area (Å²) in [5.74, 6) is 0.499. The van der Waals surface area contributed by atoms with E-state index >= 15 is 0 Å². The van der Waals surface area contributed by atoms with Gasteiger partial charge in [-0.2, -0.15) is 0 Å². The number of ether oxygens (including phenoxy) is 1. The van der Waals surface area contributed by atoms with Gasteiger partial charge in [0.15, 0.2) is 0 Å². The van der Waals surface area contributed by atoms with E-state index in [1.807, 2.05) is 13.8 Å². The molecule has 1 heterocycles. The molecule has 0 saturated carbocycles. The van der Waals surface area contributed by atoms with Crippen LogP contribution in [0.3, 0.4) is 0 Å². The van der Waals surface area contributed by atoms with Gasteiger partial charge in [0, 0.05) is 23.0 Å². The third-order valence-electron chi connectivity index (χ3n) is 1.98. The van der Waals surface area contributed by atoms with Gasteiger partial charge < -0.3 is 9.15 Å². The fraction of sp³-hybridized carbons (Fsp3) is 0.714. The van der Waals surface area contributed by atoms with E-state index in [9.17, 15) is 0 Å². The van der Waals surface area contributed by atoms with Crippen molar-refractivity contribution in [2.45, 2.75) is 25.9 Å². The highest BCUT2D eigenvalue weighted by molar-refractivity contribution is 9.10. The van der Waals surface area contributed by atoms with Crippen molar-refractivity contribution in [2.75, 3.05) is 7.11 Å². The van der Waals surface area contributed by atoms with E-state index < -0.39 is 5.60 Å². The second-order valence-electron chi connectivity index (χ2n) is 2.65. The summed E-state index contributed by atoms with van der Waals surface area (Å²) in [6, 6.07) is 0. The molecule has 1 rings (SSSR count). The molecule has 1 aromatic rings. The van der Waals surface area contributed by atoms with Gasteiger partial charge in [0.1, 0.15) is 5.60 Å². The average Bonchev–Trinajstić information content (AvgIpc) is 2.51. The molecule has 0 N–H and O–H groups in total.